The molecule has 7 heteroatoms. The minimum absolute atomic E-state index is 0.0230. The first kappa shape index (κ1) is 19.9. The molecule has 0 aliphatic rings. The lowest BCUT2D eigenvalue weighted by atomic mass is 10.1. The first-order valence-corrected chi connectivity index (χ1v) is 9.93. The van der Waals surface area contributed by atoms with Gasteiger partial charge >= 0.3 is 0 Å². The van der Waals surface area contributed by atoms with Crippen LogP contribution in [0.25, 0.3) is 11.0 Å². The van der Waals surface area contributed by atoms with Crippen LogP contribution in [0.15, 0.2) is 71.7 Å². The quantitative estimate of drug-likeness (QED) is 0.490. The van der Waals surface area contributed by atoms with Crippen molar-refractivity contribution in [3.8, 4) is 5.75 Å². The second kappa shape index (κ2) is 8.55. The van der Waals surface area contributed by atoms with Gasteiger partial charge in [-0.3, -0.25) is 9.36 Å². The Morgan fingerprint density at radius 1 is 1.07 bits per heavy atom. The molecule has 152 valence electrons. The number of rotatable bonds is 6. The zero-order valence-electron chi connectivity index (χ0n) is 16.7. The molecule has 0 spiro atoms. The second-order valence-electron chi connectivity index (χ2n) is 7.00. The van der Waals surface area contributed by atoms with Gasteiger partial charge in [0.05, 0.1) is 19.7 Å². The molecule has 4 rings (SSSR count). The average molecular weight is 421 g/mol. The summed E-state index contributed by atoms with van der Waals surface area (Å²) < 4.78 is 6.85. The van der Waals surface area contributed by atoms with Gasteiger partial charge in [-0.2, -0.15) is 4.98 Å². The first-order valence-electron chi connectivity index (χ1n) is 9.55. The fourth-order valence-electron chi connectivity index (χ4n) is 3.24. The number of aromatic nitrogens is 3. The molecule has 0 bridgehead atoms. The van der Waals surface area contributed by atoms with Crippen LogP contribution in [0.3, 0.4) is 0 Å². The van der Waals surface area contributed by atoms with Crippen LogP contribution >= 0.6 is 11.6 Å². The number of hydrogen-bond acceptors (Lipinski definition) is 5. The molecular weight excluding hydrogens is 400 g/mol. The topological polar surface area (TPSA) is 69.0 Å². The van der Waals surface area contributed by atoms with Gasteiger partial charge in [-0.25, -0.2) is 4.98 Å². The molecule has 0 fully saturated rings. The van der Waals surface area contributed by atoms with Crippen molar-refractivity contribution in [2.75, 3.05) is 12.4 Å². The summed E-state index contributed by atoms with van der Waals surface area (Å²) in [5.74, 6) is 1.23. The summed E-state index contributed by atoms with van der Waals surface area (Å²) in [6.07, 6.45) is 1.73. The maximum atomic E-state index is 12.6. The van der Waals surface area contributed by atoms with Gasteiger partial charge in [0.25, 0.3) is 5.56 Å². The van der Waals surface area contributed by atoms with Gasteiger partial charge in [0.2, 0.25) is 5.95 Å². The van der Waals surface area contributed by atoms with E-state index in [0.29, 0.717) is 23.2 Å². The van der Waals surface area contributed by atoms with Crippen molar-refractivity contribution in [1.29, 1.82) is 0 Å². The summed E-state index contributed by atoms with van der Waals surface area (Å²) in [6.45, 7) is 2.43. The smallest absolute Gasteiger partial charge is 0.252 e. The number of methoxy groups -OCH3 is 1. The Morgan fingerprint density at radius 3 is 2.50 bits per heavy atom. The molecule has 0 unspecified atom stereocenters. The van der Waals surface area contributed by atoms with Crippen molar-refractivity contribution in [2.24, 2.45) is 0 Å². The van der Waals surface area contributed by atoms with E-state index >= 15 is 0 Å². The van der Waals surface area contributed by atoms with Crippen LogP contribution in [0.2, 0.25) is 5.02 Å². The number of halogens is 1. The van der Waals surface area contributed by atoms with Crippen molar-refractivity contribution in [1.82, 2.24) is 14.5 Å². The van der Waals surface area contributed by atoms with Gasteiger partial charge in [-0.15, -0.1) is 0 Å². The first-order chi connectivity index (χ1) is 14.5. The van der Waals surface area contributed by atoms with Gasteiger partial charge in [-0.05, 0) is 48.4 Å². The Morgan fingerprint density at radius 2 is 1.80 bits per heavy atom. The summed E-state index contributed by atoms with van der Waals surface area (Å²) in [4.78, 5) is 21.6. The van der Waals surface area contributed by atoms with Gasteiger partial charge in [-0.1, -0.05) is 35.9 Å². The van der Waals surface area contributed by atoms with Crippen LogP contribution in [0.4, 0.5) is 5.95 Å². The van der Waals surface area contributed by atoms with Crippen molar-refractivity contribution >= 4 is 28.6 Å². The Balaban J connectivity index is 1.66. The zero-order valence-corrected chi connectivity index (χ0v) is 17.4. The zero-order chi connectivity index (χ0) is 21.1. The summed E-state index contributed by atoms with van der Waals surface area (Å²) >= 11 is 5.97. The standard InChI is InChI=1S/C23H21ClN4O2/c1-15(17-5-8-19(24)9-6-17)26-23-25-13-18-7-12-21(29)28(22(18)27-23)14-16-3-10-20(30-2)11-4-16/h3-13,15H,14H2,1-2H3,(H,25,26,27)/t15-/m0/s1. The molecule has 0 saturated carbocycles. The van der Waals surface area contributed by atoms with Gasteiger partial charge in [0.1, 0.15) is 11.4 Å². The molecule has 0 saturated heterocycles. The van der Waals surface area contributed by atoms with Crippen molar-refractivity contribution in [3.05, 3.63) is 93.4 Å². The van der Waals surface area contributed by atoms with Crippen LogP contribution in [0.1, 0.15) is 24.1 Å². The highest BCUT2D eigenvalue weighted by Gasteiger charge is 2.11. The monoisotopic (exact) mass is 420 g/mol. The van der Waals surface area contributed by atoms with Gasteiger partial charge < -0.3 is 10.1 Å². The van der Waals surface area contributed by atoms with E-state index in [4.69, 9.17) is 16.3 Å². The maximum absolute atomic E-state index is 12.6. The molecule has 4 aromatic rings. The number of nitrogens with zero attached hydrogens (tertiary/aromatic N) is 3. The van der Waals surface area contributed by atoms with Crippen LogP contribution in [0, 0.1) is 0 Å². The summed E-state index contributed by atoms with van der Waals surface area (Å²) in [5, 5.41) is 4.79. The van der Waals surface area contributed by atoms with E-state index in [1.165, 1.54) is 0 Å². The number of benzene rings is 2. The molecular formula is C23H21ClN4O2. The summed E-state index contributed by atoms with van der Waals surface area (Å²) in [7, 11) is 1.63. The highest BCUT2D eigenvalue weighted by Crippen LogP contribution is 2.21. The fraction of sp³-hybridized carbons (Fsp3) is 0.174. The minimum atomic E-state index is -0.117. The third-order valence-electron chi connectivity index (χ3n) is 4.94. The number of pyridine rings is 1. The molecule has 2 aromatic carbocycles. The Hall–Kier alpha value is -3.38. The predicted octanol–water partition coefficient (Wildman–Crippen LogP) is 4.67. The highest BCUT2D eigenvalue weighted by atomic mass is 35.5. The number of nitrogens with one attached hydrogen (secondary N) is 1. The van der Waals surface area contributed by atoms with Crippen LogP contribution < -0.4 is 15.6 Å². The van der Waals surface area contributed by atoms with E-state index in [1.54, 1.807) is 30.0 Å². The molecule has 30 heavy (non-hydrogen) atoms. The lowest BCUT2D eigenvalue weighted by molar-refractivity contribution is 0.414. The van der Waals surface area contributed by atoms with Crippen molar-refractivity contribution in [3.63, 3.8) is 0 Å². The Labute approximate surface area is 179 Å². The molecule has 0 aliphatic carbocycles. The number of anilines is 1. The maximum Gasteiger partial charge on any atom is 0.252 e. The highest BCUT2D eigenvalue weighted by molar-refractivity contribution is 6.30. The Bertz CT molecular complexity index is 1220. The van der Waals surface area contributed by atoms with E-state index in [-0.39, 0.29) is 11.6 Å². The van der Waals surface area contributed by atoms with Crippen LogP contribution in [0.5, 0.6) is 5.75 Å². The molecule has 1 atom stereocenters. The largest absolute Gasteiger partial charge is 0.497 e. The third kappa shape index (κ3) is 4.28. The Kier molecular flexibility index (Phi) is 5.68. The number of ether oxygens (including phenoxy) is 1. The van der Waals surface area contributed by atoms with E-state index in [2.05, 4.69) is 15.3 Å². The van der Waals surface area contributed by atoms with Crippen LogP contribution in [-0.4, -0.2) is 21.6 Å². The van der Waals surface area contributed by atoms with Crippen LogP contribution in [-0.2, 0) is 6.54 Å². The molecule has 0 amide bonds. The lowest BCUT2D eigenvalue weighted by Gasteiger charge is -2.15. The van der Waals surface area contributed by atoms with Gasteiger partial charge in [0, 0.05) is 22.7 Å². The third-order valence-corrected chi connectivity index (χ3v) is 5.19. The normalized spacial score (nSPS) is 12.0. The second-order valence-corrected chi connectivity index (χ2v) is 7.43. The van der Waals surface area contributed by atoms with E-state index in [9.17, 15) is 4.79 Å². The molecule has 0 aliphatic heterocycles. The SMILES string of the molecule is COc1ccc(Cn2c(=O)ccc3cnc(N[C@@H](C)c4ccc(Cl)cc4)nc32)cc1. The average Bonchev–Trinajstić information content (AvgIpc) is 2.76. The summed E-state index contributed by atoms with van der Waals surface area (Å²) in [6, 6.07) is 18.5. The van der Waals surface area contributed by atoms with Crippen molar-refractivity contribution in [2.45, 2.75) is 19.5 Å². The predicted molar refractivity (Wildman–Crippen MR) is 119 cm³/mol. The molecule has 6 nitrogen and oxygen atoms in total. The molecule has 2 heterocycles. The fourth-order valence-corrected chi connectivity index (χ4v) is 3.36. The minimum Gasteiger partial charge on any atom is -0.497 e. The van der Waals surface area contributed by atoms with Gasteiger partial charge in [0.15, 0.2) is 0 Å². The molecule has 0 radical (unpaired) electrons. The number of hydrogen-bond donors (Lipinski definition) is 1. The molecule has 1 N–H and O–H groups in total. The van der Waals surface area contributed by atoms with Crippen molar-refractivity contribution < 1.29 is 4.74 Å². The van der Waals surface area contributed by atoms with E-state index in [1.807, 2.05) is 55.5 Å². The number of fused-ring (bicyclic) bond motifs is 1. The lowest BCUT2D eigenvalue weighted by Crippen LogP contribution is -2.21. The van der Waals surface area contributed by atoms with E-state index < -0.39 is 0 Å². The molecule has 2 aromatic heterocycles. The summed E-state index contributed by atoms with van der Waals surface area (Å²) in [5.41, 5.74) is 2.51. The van der Waals surface area contributed by atoms with E-state index in [0.717, 1.165) is 22.3 Å².